The predicted molar refractivity (Wildman–Crippen MR) is 104 cm³/mol. The second kappa shape index (κ2) is 7.81. The van der Waals surface area contributed by atoms with Gasteiger partial charge in [0.2, 0.25) is 5.95 Å². The molecule has 0 spiro atoms. The second-order valence-corrected chi connectivity index (χ2v) is 6.70. The lowest BCUT2D eigenvalue weighted by atomic mass is 10.0. The van der Waals surface area contributed by atoms with Crippen molar-refractivity contribution >= 4 is 16.7 Å². The van der Waals surface area contributed by atoms with Crippen molar-refractivity contribution in [3.05, 3.63) is 66.0 Å². The maximum absolute atomic E-state index is 5.37. The molecule has 1 aliphatic rings. The summed E-state index contributed by atoms with van der Waals surface area (Å²) in [5.41, 5.74) is 2.38. The molecule has 5 heteroatoms. The fourth-order valence-electron chi connectivity index (χ4n) is 3.23. The van der Waals surface area contributed by atoms with E-state index in [0.29, 0.717) is 0 Å². The summed E-state index contributed by atoms with van der Waals surface area (Å²) in [5, 5.41) is 6.11. The van der Waals surface area contributed by atoms with Gasteiger partial charge in [-0.3, -0.25) is 0 Å². The average Bonchev–Trinajstić information content (AvgIpc) is 2.72. The molecule has 134 valence electrons. The highest BCUT2D eigenvalue weighted by Crippen LogP contribution is 2.20. The van der Waals surface area contributed by atoms with Gasteiger partial charge in [-0.1, -0.05) is 36.4 Å². The van der Waals surface area contributed by atoms with Gasteiger partial charge >= 0.3 is 0 Å². The van der Waals surface area contributed by atoms with E-state index in [4.69, 9.17) is 4.74 Å². The minimum Gasteiger partial charge on any atom is -0.378 e. The van der Waals surface area contributed by atoms with Gasteiger partial charge in [0.05, 0.1) is 13.2 Å². The Morgan fingerprint density at radius 1 is 1.04 bits per heavy atom. The Bertz CT molecular complexity index is 859. The molecular weight excluding hydrogens is 324 g/mol. The van der Waals surface area contributed by atoms with Gasteiger partial charge < -0.3 is 15.0 Å². The summed E-state index contributed by atoms with van der Waals surface area (Å²) in [6.45, 7) is 6.14. The number of ether oxygens (including phenoxy) is 1. The molecule has 1 aliphatic heterocycles. The van der Waals surface area contributed by atoms with E-state index in [1.807, 2.05) is 12.4 Å². The van der Waals surface area contributed by atoms with Crippen LogP contribution in [0.2, 0.25) is 0 Å². The largest absolute Gasteiger partial charge is 0.378 e. The number of nitrogens with one attached hydrogen (secondary N) is 1. The fraction of sp³-hybridized carbons (Fsp3) is 0.333. The van der Waals surface area contributed by atoms with Crippen LogP contribution in [0.25, 0.3) is 10.8 Å². The lowest BCUT2D eigenvalue weighted by Gasteiger charge is -2.26. The van der Waals surface area contributed by atoms with E-state index < -0.39 is 0 Å². The molecule has 1 fully saturated rings. The molecule has 1 N–H and O–H groups in total. The summed E-state index contributed by atoms with van der Waals surface area (Å²) < 4.78 is 5.37. The Morgan fingerprint density at radius 3 is 2.54 bits per heavy atom. The zero-order chi connectivity index (χ0) is 17.8. The first-order chi connectivity index (χ1) is 12.8. The summed E-state index contributed by atoms with van der Waals surface area (Å²) in [6, 6.07) is 15.3. The van der Waals surface area contributed by atoms with E-state index in [1.54, 1.807) is 0 Å². The molecule has 1 saturated heterocycles. The Labute approximate surface area is 154 Å². The lowest BCUT2D eigenvalue weighted by Crippen LogP contribution is -2.37. The van der Waals surface area contributed by atoms with Gasteiger partial charge in [0, 0.05) is 43.6 Å². The number of hydrogen-bond donors (Lipinski definition) is 1. The third kappa shape index (κ3) is 3.84. The van der Waals surface area contributed by atoms with Gasteiger partial charge in [-0.2, -0.15) is 0 Å². The summed E-state index contributed by atoms with van der Waals surface area (Å²) >= 11 is 0. The number of aromatic nitrogens is 2. The van der Waals surface area contributed by atoms with Crippen molar-refractivity contribution in [2.24, 2.45) is 0 Å². The van der Waals surface area contributed by atoms with Crippen molar-refractivity contribution in [1.82, 2.24) is 15.3 Å². The summed E-state index contributed by atoms with van der Waals surface area (Å²) in [4.78, 5) is 11.2. The van der Waals surface area contributed by atoms with Crippen molar-refractivity contribution in [1.29, 1.82) is 0 Å². The molecule has 1 aromatic heterocycles. The van der Waals surface area contributed by atoms with Crippen LogP contribution in [0.15, 0.2) is 54.9 Å². The maximum atomic E-state index is 5.37. The minimum atomic E-state index is 0.263. The Kier molecular flexibility index (Phi) is 5.09. The molecule has 1 atom stereocenters. The SMILES string of the molecule is CC(NCc1cnc(N2CCOCC2)nc1)c1ccc2ccccc2c1. The predicted octanol–water partition coefficient (Wildman–Crippen LogP) is 3.32. The highest BCUT2D eigenvalue weighted by molar-refractivity contribution is 5.83. The molecule has 0 radical (unpaired) electrons. The van der Waals surface area contributed by atoms with Crippen LogP contribution in [-0.4, -0.2) is 36.3 Å². The lowest BCUT2D eigenvalue weighted by molar-refractivity contribution is 0.122. The normalized spacial score (nSPS) is 16.0. The molecule has 3 aromatic rings. The Balaban J connectivity index is 1.38. The van der Waals surface area contributed by atoms with Crippen LogP contribution in [0.1, 0.15) is 24.1 Å². The highest BCUT2D eigenvalue weighted by Gasteiger charge is 2.13. The molecule has 0 amide bonds. The van der Waals surface area contributed by atoms with Gasteiger partial charge in [0.15, 0.2) is 0 Å². The van der Waals surface area contributed by atoms with E-state index in [2.05, 4.69) is 69.6 Å². The maximum Gasteiger partial charge on any atom is 0.225 e. The first kappa shape index (κ1) is 16.9. The molecule has 26 heavy (non-hydrogen) atoms. The average molecular weight is 348 g/mol. The van der Waals surface area contributed by atoms with Crippen LogP contribution < -0.4 is 10.2 Å². The number of fused-ring (bicyclic) bond motifs is 1. The Hall–Kier alpha value is -2.50. The molecule has 2 heterocycles. The number of rotatable bonds is 5. The number of hydrogen-bond acceptors (Lipinski definition) is 5. The van der Waals surface area contributed by atoms with Crippen LogP contribution in [0.4, 0.5) is 5.95 Å². The summed E-state index contributed by atoms with van der Waals surface area (Å²) in [6.07, 6.45) is 3.83. The van der Waals surface area contributed by atoms with Gasteiger partial charge in [0.1, 0.15) is 0 Å². The highest BCUT2D eigenvalue weighted by atomic mass is 16.5. The van der Waals surface area contributed by atoms with E-state index >= 15 is 0 Å². The minimum absolute atomic E-state index is 0.263. The van der Waals surface area contributed by atoms with Gasteiger partial charge in [-0.05, 0) is 29.3 Å². The fourth-order valence-corrected chi connectivity index (χ4v) is 3.23. The summed E-state index contributed by atoms with van der Waals surface area (Å²) in [7, 11) is 0. The van der Waals surface area contributed by atoms with Crippen molar-refractivity contribution in [3.8, 4) is 0 Å². The van der Waals surface area contributed by atoms with Crippen LogP contribution in [0, 0.1) is 0 Å². The molecule has 0 saturated carbocycles. The zero-order valence-corrected chi connectivity index (χ0v) is 15.1. The molecule has 1 unspecified atom stereocenters. The summed E-state index contributed by atoms with van der Waals surface area (Å²) in [5.74, 6) is 0.791. The van der Waals surface area contributed by atoms with Crippen molar-refractivity contribution < 1.29 is 4.74 Å². The second-order valence-electron chi connectivity index (χ2n) is 6.70. The molecule has 0 bridgehead atoms. The van der Waals surface area contributed by atoms with Crippen molar-refractivity contribution in [2.75, 3.05) is 31.2 Å². The first-order valence-corrected chi connectivity index (χ1v) is 9.15. The number of anilines is 1. The van der Waals surface area contributed by atoms with Crippen molar-refractivity contribution in [3.63, 3.8) is 0 Å². The van der Waals surface area contributed by atoms with E-state index in [1.165, 1.54) is 16.3 Å². The van der Waals surface area contributed by atoms with E-state index in [0.717, 1.165) is 44.4 Å². The third-order valence-electron chi connectivity index (χ3n) is 4.87. The van der Waals surface area contributed by atoms with Crippen LogP contribution >= 0.6 is 0 Å². The number of morpholine rings is 1. The van der Waals surface area contributed by atoms with E-state index in [-0.39, 0.29) is 6.04 Å². The molecular formula is C21H24N4O. The topological polar surface area (TPSA) is 50.3 Å². The molecule has 0 aliphatic carbocycles. The zero-order valence-electron chi connectivity index (χ0n) is 15.1. The Morgan fingerprint density at radius 2 is 1.77 bits per heavy atom. The number of nitrogens with zero attached hydrogens (tertiary/aromatic N) is 3. The first-order valence-electron chi connectivity index (χ1n) is 9.15. The number of benzene rings is 2. The molecule has 4 rings (SSSR count). The van der Waals surface area contributed by atoms with Gasteiger partial charge in [0.25, 0.3) is 0 Å². The monoisotopic (exact) mass is 348 g/mol. The van der Waals surface area contributed by atoms with Crippen LogP contribution in [0.3, 0.4) is 0 Å². The quantitative estimate of drug-likeness (QED) is 0.766. The van der Waals surface area contributed by atoms with Crippen LogP contribution in [0.5, 0.6) is 0 Å². The van der Waals surface area contributed by atoms with Crippen LogP contribution in [-0.2, 0) is 11.3 Å². The third-order valence-corrected chi connectivity index (χ3v) is 4.87. The molecule has 5 nitrogen and oxygen atoms in total. The van der Waals surface area contributed by atoms with E-state index in [9.17, 15) is 0 Å². The van der Waals surface area contributed by atoms with Crippen molar-refractivity contribution in [2.45, 2.75) is 19.5 Å². The molecule has 2 aromatic carbocycles. The van der Waals surface area contributed by atoms with Gasteiger partial charge in [-0.15, -0.1) is 0 Å². The standard InChI is InChI=1S/C21H24N4O/c1-16(19-7-6-18-4-2-3-5-20(18)12-19)22-13-17-14-23-21(24-15-17)25-8-10-26-11-9-25/h2-7,12,14-16,22H,8-11,13H2,1H3. The van der Waals surface area contributed by atoms with Gasteiger partial charge in [-0.25, -0.2) is 9.97 Å². The smallest absolute Gasteiger partial charge is 0.225 e.